The van der Waals surface area contributed by atoms with Crippen LogP contribution in [0.15, 0.2) is 24.3 Å². The number of nitrogen functional groups attached to an aromatic ring is 1. The largest absolute Gasteiger partial charge is 0.488 e. The average molecular weight is 260 g/mol. The molecule has 102 valence electrons. The van der Waals surface area contributed by atoms with Crippen molar-refractivity contribution in [1.82, 2.24) is 4.98 Å². The molecule has 0 aliphatic carbocycles. The fourth-order valence-corrected chi connectivity index (χ4v) is 1.97. The molecule has 2 rings (SSSR count). The summed E-state index contributed by atoms with van der Waals surface area (Å²) in [6, 6.07) is 7.59. The van der Waals surface area contributed by atoms with Gasteiger partial charge >= 0.3 is 0 Å². The molecule has 0 bridgehead atoms. The maximum Gasteiger partial charge on any atom is 0.131 e. The Kier molecular flexibility index (Phi) is 4.22. The molecular weight excluding hydrogens is 240 g/mol. The van der Waals surface area contributed by atoms with Crippen LogP contribution in [-0.4, -0.2) is 24.3 Å². The standard InChI is InChI=1S/C15H20N2O2/c1-4-18-9-11(3)19-15-7-10(2)17-14-6-5-12(16)8-13(14)15/h5-8,11H,4,9,16H2,1-3H3. The summed E-state index contributed by atoms with van der Waals surface area (Å²) in [5, 5.41) is 0.939. The molecule has 1 aromatic carbocycles. The van der Waals surface area contributed by atoms with Gasteiger partial charge in [0.2, 0.25) is 0 Å². The minimum Gasteiger partial charge on any atom is -0.488 e. The molecule has 1 unspecified atom stereocenters. The van der Waals surface area contributed by atoms with Crippen LogP contribution in [0.1, 0.15) is 19.5 Å². The number of nitrogens with zero attached hydrogens (tertiary/aromatic N) is 1. The first-order valence-corrected chi connectivity index (χ1v) is 6.51. The van der Waals surface area contributed by atoms with E-state index in [-0.39, 0.29) is 6.10 Å². The molecule has 2 N–H and O–H groups in total. The molecule has 0 amide bonds. The zero-order chi connectivity index (χ0) is 13.8. The van der Waals surface area contributed by atoms with Crippen molar-refractivity contribution in [2.45, 2.75) is 26.9 Å². The number of fused-ring (bicyclic) bond motifs is 1. The van der Waals surface area contributed by atoms with Crippen molar-refractivity contribution in [2.24, 2.45) is 0 Å². The van der Waals surface area contributed by atoms with E-state index in [1.54, 1.807) is 0 Å². The van der Waals surface area contributed by atoms with E-state index in [9.17, 15) is 0 Å². The number of hydrogen-bond donors (Lipinski definition) is 1. The highest BCUT2D eigenvalue weighted by Gasteiger charge is 2.10. The van der Waals surface area contributed by atoms with Crippen molar-refractivity contribution in [3.63, 3.8) is 0 Å². The zero-order valence-corrected chi connectivity index (χ0v) is 11.6. The summed E-state index contributed by atoms with van der Waals surface area (Å²) in [5.41, 5.74) is 8.37. The molecule has 1 aromatic heterocycles. The highest BCUT2D eigenvalue weighted by molar-refractivity contribution is 5.87. The van der Waals surface area contributed by atoms with Gasteiger partial charge in [0.1, 0.15) is 11.9 Å². The Morgan fingerprint density at radius 1 is 1.32 bits per heavy atom. The van der Waals surface area contributed by atoms with E-state index >= 15 is 0 Å². The highest BCUT2D eigenvalue weighted by atomic mass is 16.5. The third kappa shape index (κ3) is 3.35. The van der Waals surface area contributed by atoms with Crippen LogP contribution in [0, 0.1) is 6.92 Å². The second-order valence-electron chi connectivity index (χ2n) is 4.63. The van der Waals surface area contributed by atoms with E-state index in [4.69, 9.17) is 15.2 Å². The minimum atomic E-state index is -0.00798. The first-order valence-electron chi connectivity index (χ1n) is 6.51. The lowest BCUT2D eigenvalue weighted by Crippen LogP contribution is -2.19. The quantitative estimate of drug-likeness (QED) is 0.840. The normalized spacial score (nSPS) is 12.6. The van der Waals surface area contributed by atoms with Crippen LogP contribution < -0.4 is 10.5 Å². The molecular formula is C15H20N2O2. The topological polar surface area (TPSA) is 57.4 Å². The predicted molar refractivity (Wildman–Crippen MR) is 77.5 cm³/mol. The van der Waals surface area contributed by atoms with E-state index in [0.717, 1.165) is 22.3 Å². The fraction of sp³-hybridized carbons (Fsp3) is 0.400. The molecule has 0 saturated heterocycles. The lowest BCUT2D eigenvalue weighted by molar-refractivity contribution is 0.0664. The van der Waals surface area contributed by atoms with E-state index in [2.05, 4.69) is 4.98 Å². The fourth-order valence-electron chi connectivity index (χ4n) is 1.97. The van der Waals surface area contributed by atoms with Crippen molar-refractivity contribution in [1.29, 1.82) is 0 Å². The summed E-state index contributed by atoms with van der Waals surface area (Å²) in [6.45, 7) is 7.18. The molecule has 2 aromatic rings. The van der Waals surface area contributed by atoms with Crippen LogP contribution in [-0.2, 0) is 4.74 Å². The van der Waals surface area contributed by atoms with Crippen LogP contribution in [0.25, 0.3) is 10.9 Å². The average Bonchev–Trinajstić information content (AvgIpc) is 2.37. The van der Waals surface area contributed by atoms with Crippen LogP contribution in [0.2, 0.25) is 0 Å². The van der Waals surface area contributed by atoms with E-state index in [1.807, 2.05) is 45.0 Å². The number of pyridine rings is 1. The molecule has 19 heavy (non-hydrogen) atoms. The minimum absolute atomic E-state index is 0.00798. The van der Waals surface area contributed by atoms with Crippen LogP contribution in [0.3, 0.4) is 0 Å². The van der Waals surface area contributed by atoms with Gasteiger partial charge in [-0.05, 0) is 39.0 Å². The van der Waals surface area contributed by atoms with Gasteiger partial charge in [0.15, 0.2) is 0 Å². The monoisotopic (exact) mass is 260 g/mol. The number of ether oxygens (including phenoxy) is 2. The molecule has 0 spiro atoms. The van der Waals surface area contributed by atoms with Crippen molar-refractivity contribution in [3.05, 3.63) is 30.0 Å². The Balaban J connectivity index is 2.33. The molecule has 4 nitrogen and oxygen atoms in total. The van der Waals surface area contributed by atoms with Gasteiger partial charge in [0.05, 0.1) is 12.1 Å². The molecule has 0 aliphatic rings. The maximum atomic E-state index is 5.94. The lowest BCUT2D eigenvalue weighted by atomic mass is 10.1. The van der Waals surface area contributed by atoms with Crippen LogP contribution in [0.4, 0.5) is 5.69 Å². The Labute approximate surface area is 113 Å². The number of aryl methyl sites for hydroxylation is 1. The van der Waals surface area contributed by atoms with Gasteiger partial charge in [0.25, 0.3) is 0 Å². The first kappa shape index (κ1) is 13.6. The third-order valence-corrected chi connectivity index (χ3v) is 2.81. The second-order valence-corrected chi connectivity index (χ2v) is 4.63. The van der Waals surface area contributed by atoms with Crippen molar-refractivity contribution in [3.8, 4) is 5.75 Å². The highest BCUT2D eigenvalue weighted by Crippen LogP contribution is 2.28. The Bertz CT molecular complexity index is 569. The van der Waals surface area contributed by atoms with E-state index < -0.39 is 0 Å². The second kappa shape index (κ2) is 5.89. The van der Waals surface area contributed by atoms with Crippen molar-refractivity contribution < 1.29 is 9.47 Å². The van der Waals surface area contributed by atoms with E-state index in [1.165, 1.54) is 0 Å². The van der Waals surface area contributed by atoms with Crippen LogP contribution in [0.5, 0.6) is 5.75 Å². The molecule has 0 saturated carbocycles. The summed E-state index contributed by atoms with van der Waals surface area (Å²) in [5.74, 6) is 0.807. The smallest absolute Gasteiger partial charge is 0.131 e. The van der Waals surface area contributed by atoms with Gasteiger partial charge < -0.3 is 15.2 Å². The molecule has 0 fully saturated rings. The van der Waals surface area contributed by atoms with Gasteiger partial charge in [-0.3, -0.25) is 4.98 Å². The van der Waals surface area contributed by atoms with Crippen LogP contribution >= 0.6 is 0 Å². The van der Waals surface area contributed by atoms with E-state index in [0.29, 0.717) is 18.9 Å². The number of rotatable bonds is 5. The number of aromatic nitrogens is 1. The van der Waals surface area contributed by atoms with Gasteiger partial charge in [-0.2, -0.15) is 0 Å². The Morgan fingerprint density at radius 3 is 2.84 bits per heavy atom. The Hall–Kier alpha value is -1.81. The summed E-state index contributed by atoms with van der Waals surface area (Å²) in [7, 11) is 0. The van der Waals surface area contributed by atoms with Gasteiger partial charge in [-0.25, -0.2) is 0 Å². The molecule has 0 radical (unpaired) electrons. The molecule has 0 aliphatic heterocycles. The number of nitrogens with two attached hydrogens (primary N) is 1. The van der Waals surface area contributed by atoms with Gasteiger partial charge in [-0.15, -0.1) is 0 Å². The molecule has 4 heteroatoms. The zero-order valence-electron chi connectivity index (χ0n) is 11.6. The number of hydrogen-bond acceptors (Lipinski definition) is 4. The summed E-state index contributed by atoms with van der Waals surface area (Å²) in [4.78, 5) is 4.48. The van der Waals surface area contributed by atoms with Gasteiger partial charge in [-0.1, -0.05) is 0 Å². The number of anilines is 1. The lowest BCUT2D eigenvalue weighted by Gasteiger charge is -2.16. The molecule has 1 heterocycles. The summed E-state index contributed by atoms with van der Waals surface area (Å²) in [6.07, 6.45) is -0.00798. The first-order chi connectivity index (χ1) is 9.10. The maximum absolute atomic E-state index is 5.94. The number of benzene rings is 1. The summed E-state index contributed by atoms with van der Waals surface area (Å²) < 4.78 is 11.3. The van der Waals surface area contributed by atoms with Crippen molar-refractivity contribution >= 4 is 16.6 Å². The Morgan fingerprint density at radius 2 is 2.11 bits per heavy atom. The third-order valence-electron chi connectivity index (χ3n) is 2.81. The van der Waals surface area contributed by atoms with Crippen molar-refractivity contribution in [2.75, 3.05) is 18.9 Å². The predicted octanol–water partition coefficient (Wildman–Crippen LogP) is 2.93. The van der Waals surface area contributed by atoms with Gasteiger partial charge in [0, 0.05) is 29.4 Å². The summed E-state index contributed by atoms with van der Waals surface area (Å²) >= 11 is 0. The molecule has 1 atom stereocenters. The SMILES string of the molecule is CCOCC(C)Oc1cc(C)nc2ccc(N)cc12.